The van der Waals surface area contributed by atoms with Crippen LogP contribution in [0.1, 0.15) is 44.6 Å². The van der Waals surface area contributed by atoms with Crippen molar-refractivity contribution in [2.45, 2.75) is 18.9 Å². The summed E-state index contributed by atoms with van der Waals surface area (Å²) < 4.78 is 0. The van der Waals surface area contributed by atoms with Crippen LogP contribution >= 0.6 is 11.3 Å². The first-order valence-electron chi connectivity index (χ1n) is 6.70. The zero-order valence-electron chi connectivity index (χ0n) is 11.2. The monoisotopic (exact) mass is 302 g/mol. The smallest absolute Gasteiger partial charge is 0.335 e. The Morgan fingerprint density at radius 3 is 2.95 bits per heavy atom. The molecule has 21 heavy (non-hydrogen) atoms. The summed E-state index contributed by atoms with van der Waals surface area (Å²) in [4.78, 5) is 30.6. The van der Waals surface area contributed by atoms with Crippen LogP contribution in [0, 0.1) is 0 Å². The number of carboxylic acid groups (broad SMARTS) is 1. The Labute approximate surface area is 125 Å². The summed E-state index contributed by atoms with van der Waals surface area (Å²) in [6.45, 7) is 0.681. The Hall–Kier alpha value is -2.21. The van der Waals surface area contributed by atoms with Crippen LogP contribution in [0.4, 0.5) is 0 Å². The number of aromatic nitrogens is 1. The Kier molecular flexibility index (Phi) is 3.70. The molecule has 3 rings (SSSR count). The number of pyridine rings is 1. The van der Waals surface area contributed by atoms with Crippen LogP contribution in [0.25, 0.3) is 0 Å². The fourth-order valence-corrected chi connectivity index (χ4v) is 3.49. The molecule has 0 spiro atoms. The second-order valence-electron chi connectivity index (χ2n) is 4.91. The molecule has 1 atom stereocenters. The quantitative estimate of drug-likeness (QED) is 0.946. The maximum atomic E-state index is 12.6. The van der Waals surface area contributed by atoms with E-state index in [0.29, 0.717) is 6.54 Å². The first-order chi connectivity index (χ1) is 10.2. The summed E-state index contributed by atoms with van der Waals surface area (Å²) in [5.41, 5.74) is 0.276. The molecule has 1 amide bonds. The first kappa shape index (κ1) is 13.8. The predicted octanol–water partition coefficient (Wildman–Crippen LogP) is 2.82. The molecular formula is C15H14N2O3S. The molecule has 0 aliphatic carbocycles. The van der Waals surface area contributed by atoms with Crippen LogP contribution in [-0.2, 0) is 0 Å². The van der Waals surface area contributed by atoms with Gasteiger partial charge in [0.15, 0.2) is 0 Å². The lowest BCUT2D eigenvalue weighted by molar-refractivity contribution is 0.0696. The Morgan fingerprint density at radius 2 is 2.24 bits per heavy atom. The summed E-state index contributed by atoms with van der Waals surface area (Å²) in [5, 5.41) is 11.0. The summed E-state index contributed by atoms with van der Waals surface area (Å²) >= 11 is 1.64. The van der Waals surface area contributed by atoms with Gasteiger partial charge < -0.3 is 10.0 Å². The van der Waals surface area contributed by atoms with Crippen LogP contribution in [0.2, 0.25) is 0 Å². The largest absolute Gasteiger partial charge is 0.478 e. The summed E-state index contributed by atoms with van der Waals surface area (Å²) in [6, 6.07) is 6.81. The van der Waals surface area contributed by atoms with E-state index < -0.39 is 5.97 Å². The van der Waals surface area contributed by atoms with Crippen LogP contribution in [0.15, 0.2) is 35.8 Å². The SMILES string of the molecule is O=C(O)c1ccnc(C(=O)N2CCCC2c2cccs2)c1. The van der Waals surface area contributed by atoms with Gasteiger partial charge in [0.1, 0.15) is 5.69 Å². The van der Waals surface area contributed by atoms with E-state index >= 15 is 0 Å². The van der Waals surface area contributed by atoms with Gasteiger partial charge in [-0.25, -0.2) is 4.79 Å². The van der Waals surface area contributed by atoms with E-state index in [2.05, 4.69) is 4.98 Å². The summed E-state index contributed by atoms with van der Waals surface area (Å²) in [7, 11) is 0. The molecule has 0 radical (unpaired) electrons. The molecule has 0 saturated carbocycles. The highest BCUT2D eigenvalue weighted by atomic mass is 32.1. The molecule has 2 aromatic rings. The van der Waals surface area contributed by atoms with Gasteiger partial charge in [-0.3, -0.25) is 9.78 Å². The number of likely N-dealkylation sites (tertiary alicyclic amines) is 1. The van der Waals surface area contributed by atoms with Crippen molar-refractivity contribution < 1.29 is 14.7 Å². The number of hydrogen-bond donors (Lipinski definition) is 1. The van der Waals surface area contributed by atoms with Gasteiger partial charge in [0.05, 0.1) is 11.6 Å². The van der Waals surface area contributed by atoms with Gasteiger partial charge in [-0.15, -0.1) is 11.3 Å². The number of carbonyl (C=O) groups is 2. The third-order valence-electron chi connectivity index (χ3n) is 3.61. The number of nitrogens with zero attached hydrogens (tertiary/aromatic N) is 2. The van der Waals surface area contributed by atoms with Crippen molar-refractivity contribution in [1.82, 2.24) is 9.88 Å². The van der Waals surface area contributed by atoms with E-state index in [1.165, 1.54) is 18.3 Å². The van der Waals surface area contributed by atoms with Gasteiger partial charge in [0.2, 0.25) is 0 Å². The second kappa shape index (κ2) is 5.65. The molecule has 1 saturated heterocycles. The Morgan fingerprint density at radius 1 is 1.38 bits per heavy atom. The third-order valence-corrected chi connectivity index (χ3v) is 4.58. The van der Waals surface area contributed by atoms with Crippen LogP contribution in [-0.4, -0.2) is 33.4 Å². The zero-order valence-corrected chi connectivity index (χ0v) is 12.0. The van der Waals surface area contributed by atoms with Crippen molar-refractivity contribution in [3.8, 4) is 0 Å². The zero-order chi connectivity index (χ0) is 14.8. The van der Waals surface area contributed by atoms with E-state index in [4.69, 9.17) is 5.11 Å². The molecular weight excluding hydrogens is 288 g/mol. The van der Waals surface area contributed by atoms with Crippen molar-refractivity contribution >= 4 is 23.2 Å². The minimum Gasteiger partial charge on any atom is -0.478 e. The maximum Gasteiger partial charge on any atom is 0.335 e. The Bertz CT molecular complexity index is 669. The van der Waals surface area contributed by atoms with Crippen LogP contribution < -0.4 is 0 Å². The molecule has 0 bridgehead atoms. The number of carboxylic acids is 1. The van der Waals surface area contributed by atoms with Gasteiger partial charge in [-0.1, -0.05) is 6.07 Å². The molecule has 3 heterocycles. The van der Waals surface area contributed by atoms with Crippen LogP contribution in [0.5, 0.6) is 0 Å². The maximum absolute atomic E-state index is 12.6. The number of thiophene rings is 1. The highest BCUT2D eigenvalue weighted by Crippen LogP contribution is 2.35. The minimum atomic E-state index is -1.05. The number of rotatable bonds is 3. The number of carbonyl (C=O) groups excluding carboxylic acids is 1. The lowest BCUT2D eigenvalue weighted by Crippen LogP contribution is -2.31. The molecule has 2 aromatic heterocycles. The fourth-order valence-electron chi connectivity index (χ4n) is 2.61. The van der Waals surface area contributed by atoms with Gasteiger partial charge in [-0.2, -0.15) is 0 Å². The molecule has 6 heteroatoms. The molecule has 1 N–H and O–H groups in total. The van der Waals surface area contributed by atoms with Crippen molar-refractivity contribution in [1.29, 1.82) is 0 Å². The normalized spacial score (nSPS) is 17.9. The lowest BCUT2D eigenvalue weighted by Gasteiger charge is -2.23. The van der Waals surface area contributed by atoms with E-state index in [9.17, 15) is 9.59 Å². The van der Waals surface area contributed by atoms with Crippen molar-refractivity contribution in [2.24, 2.45) is 0 Å². The van der Waals surface area contributed by atoms with Crippen molar-refractivity contribution in [3.63, 3.8) is 0 Å². The number of aromatic carboxylic acids is 1. The second-order valence-corrected chi connectivity index (χ2v) is 5.89. The molecule has 1 aliphatic rings. The van der Waals surface area contributed by atoms with Crippen LogP contribution in [0.3, 0.4) is 0 Å². The highest BCUT2D eigenvalue weighted by Gasteiger charge is 2.31. The number of hydrogen-bond acceptors (Lipinski definition) is 4. The summed E-state index contributed by atoms with van der Waals surface area (Å²) in [6.07, 6.45) is 3.25. The molecule has 0 aromatic carbocycles. The van der Waals surface area contributed by atoms with Crippen molar-refractivity contribution in [3.05, 3.63) is 52.0 Å². The highest BCUT2D eigenvalue weighted by molar-refractivity contribution is 7.10. The van der Waals surface area contributed by atoms with E-state index in [0.717, 1.165) is 17.7 Å². The average Bonchev–Trinajstić information content (AvgIpc) is 3.17. The number of amides is 1. The lowest BCUT2D eigenvalue weighted by atomic mass is 10.1. The van der Waals surface area contributed by atoms with Gasteiger partial charge in [-0.05, 0) is 36.4 Å². The standard InChI is InChI=1S/C15H14N2O3S/c18-14(11-9-10(15(19)20)5-6-16-11)17-7-1-3-12(17)13-4-2-8-21-13/h2,4-6,8-9,12H,1,3,7H2,(H,19,20). The topological polar surface area (TPSA) is 70.5 Å². The molecule has 1 fully saturated rings. The minimum absolute atomic E-state index is 0.0767. The van der Waals surface area contributed by atoms with E-state index in [1.807, 2.05) is 17.5 Å². The molecule has 108 valence electrons. The predicted molar refractivity (Wildman–Crippen MR) is 78.5 cm³/mol. The van der Waals surface area contributed by atoms with Gasteiger partial charge in [0.25, 0.3) is 5.91 Å². The Balaban J connectivity index is 1.87. The van der Waals surface area contributed by atoms with Gasteiger partial charge in [0, 0.05) is 17.6 Å². The fraction of sp³-hybridized carbons (Fsp3) is 0.267. The average molecular weight is 302 g/mol. The van der Waals surface area contributed by atoms with E-state index in [1.54, 1.807) is 16.2 Å². The van der Waals surface area contributed by atoms with Crippen molar-refractivity contribution in [2.75, 3.05) is 6.54 Å². The third kappa shape index (κ3) is 2.67. The first-order valence-corrected chi connectivity index (χ1v) is 7.58. The summed E-state index contributed by atoms with van der Waals surface area (Å²) in [5.74, 6) is -1.25. The van der Waals surface area contributed by atoms with E-state index in [-0.39, 0.29) is 23.2 Å². The van der Waals surface area contributed by atoms with Gasteiger partial charge >= 0.3 is 5.97 Å². The molecule has 1 aliphatic heterocycles. The molecule has 1 unspecified atom stereocenters. The molecule has 5 nitrogen and oxygen atoms in total.